The summed E-state index contributed by atoms with van der Waals surface area (Å²) in [6, 6.07) is 4.44. The zero-order chi connectivity index (χ0) is 14.8. The molecule has 1 aromatic heterocycles. The Kier molecular flexibility index (Phi) is 4.35. The Bertz CT molecular complexity index is 587. The third-order valence-electron chi connectivity index (χ3n) is 3.21. The monoisotopic (exact) mass is 293 g/mol. The molecule has 0 spiro atoms. The summed E-state index contributed by atoms with van der Waals surface area (Å²) >= 11 is 6.14. The second kappa shape index (κ2) is 5.85. The zero-order valence-electron chi connectivity index (χ0n) is 11.7. The van der Waals surface area contributed by atoms with Gasteiger partial charge < -0.3 is 0 Å². The lowest BCUT2D eigenvalue weighted by Gasteiger charge is -2.31. The Hall–Kier alpha value is -1.52. The van der Waals surface area contributed by atoms with Gasteiger partial charge in [0.15, 0.2) is 0 Å². The van der Waals surface area contributed by atoms with Gasteiger partial charge in [-0.3, -0.25) is 15.3 Å². The first-order chi connectivity index (χ1) is 9.40. The summed E-state index contributed by atoms with van der Waals surface area (Å²) in [7, 11) is 0. The number of aromatic nitrogens is 2. The van der Waals surface area contributed by atoms with Crippen LogP contribution in [-0.2, 0) is 5.54 Å². The van der Waals surface area contributed by atoms with Crippen LogP contribution in [0.5, 0.6) is 0 Å². The Morgan fingerprint density at radius 1 is 1.30 bits per heavy atom. The normalized spacial score (nSPS) is 13.2. The number of benzene rings is 1. The van der Waals surface area contributed by atoms with Gasteiger partial charge in [0, 0.05) is 35.2 Å². The van der Waals surface area contributed by atoms with Crippen molar-refractivity contribution in [1.82, 2.24) is 15.3 Å². The third kappa shape index (κ3) is 3.32. The standard InChI is InChI=1S/C15H17ClFN3/c1-10(14-9-18-6-7-19-14)20-15(2,3)12-5-4-11(17)8-13(12)16/h4-10,20H,1-3H3. The topological polar surface area (TPSA) is 37.8 Å². The Morgan fingerprint density at radius 2 is 2.05 bits per heavy atom. The van der Waals surface area contributed by atoms with Crippen LogP contribution >= 0.6 is 11.6 Å². The molecule has 2 rings (SSSR count). The van der Waals surface area contributed by atoms with Gasteiger partial charge in [0.1, 0.15) is 5.82 Å². The summed E-state index contributed by atoms with van der Waals surface area (Å²) in [6.45, 7) is 6.00. The molecule has 5 heteroatoms. The molecule has 0 saturated heterocycles. The van der Waals surface area contributed by atoms with Crippen LogP contribution in [0.1, 0.15) is 38.1 Å². The van der Waals surface area contributed by atoms with E-state index in [0.717, 1.165) is 11.3 Å². The van der Waals surface area contributed by atoms with Gasteiger partial charge in [-0.25, -0.2) is 4.39 Å². The van der Waals surface area contributed by atoms with Crippen LogP contribution in [0.2, 0.25) is 5.02 Å². The molecule has 0 aliphatic carbocycles. The van der Waals surface area contributed by atoms with E-state index in [0.29, 0.717) is 5.02 Å². The van der Waals surface area contributed by atoms with Crippen LogP contribution in [0.4, 0.5) is 4.39 Å². The SMILES string of the molecule is CC(NC(C)(C)c1ccc(F)cc1Cl)c1cnccn1. The summed E-state index contributed by atoms with van der Waals surface area (Å²) in [5, 5.41) is 3.85. The molecule has 3 nitrogen and oxygen atoms in total. The summed E-state index contributed by atoms with van der Waals surface area (Å²) < 4.78 is 13.1. The first kappa shape index (κ1) is 14.9. The minimum Gasteiger partial charge on any atom is -0.300 e. The molecule has 20 heavy (non-hydrogen) atoms. The van der Waals surface area contributed by atoms with Gasteiger partial charge in [0.2, 0.25) is 0 Å². The largest absolute Gasteiger partial charge is 0.300 e. The van der Waals surface area contributed by atoms with Gasteiger partial charge in [0.05, 0.1) is 5.69 Å². The fourth-order valence-electron chi connectivity index (χ4n) is 2.22. The maximum Gasteiger partial charge on any atom is 0.124 e. The molecule has 0 radical (unpaired) electrons. The lowest BCUT2D eigenvalue weighted by Crippen LogP contribution is -2.38. The van der Waals surface area contributed by atoms with E-state index < -0.39 is 5.54 Å². The van der Waals surface area contributed by atoms with Crippen molar-refractivity contribution in [2.45, 2.75) is 32.4 Å². The fourth-order valence-corrected chi connectivity index (χ4v) is 2.63. The van der Waals surface area contributed by atoms with Gasteiger partial charge in [0.25, 0.3) is 0 Å². The molecule has 0 saturated carbocycles. The highest BCUT2D eigenvalue weighted by molar-refractivity contribution is 6.31. The third-order valence-corrected chi connectivity index (χ3v) is 3.52. The summed E-state index contributed by atoms with van der Waals surface area (Å²) in [5.74, 6) is -0.337. The second-order valence-electron chi connectivity index (χ2n) is 5.25. The average molecular weight is 294 g/mol. The average Bonchev–Trinajstić information content (AvgIpc) is 2.38. The van der Waals surface area contributed by atoms with Gasteiger partial charge in [-0.05, 0) is 38.5 Å². The van der Waals surface area contributed by atoms with Crippen molar-refractivity contribution in [3.05, 3.63) is 58.9 Å². The Labute approximate surface area is 123 Å². The molecule has 0 amide bonds. The quantitative estimate of drug-likeness (QED) is 0.930. The predicted octanol–water partition coefficient (Wildman–Crippen LogP) is 3.86. The molecule has 0 aliphatic heterocycles. The minimum absolute atomic E-state index is 0.000167. The van der Waals surface area contributed by atoms with Crippen molar-refractivity contribution in [2.24, 2.45) is 0 Å². The zero-order valence-corrected chi connectivity index (χ0v) is 12.4. The van der Waals surface area contributed by atoms with Crippen LogP contribution in [-0.4, -0.2) is 9.97 Å². The molecule has 1 unspecified atom stereocenters. The number of hydrogen-bond acceptors (Lipinski definition) is 3. The molecule has 2 aromatic rings. The summed E-state index contributed by atoms with van der Waals surface area (Å²) in [6.07, 6.45) is 5.02. The van der Waals surface area contributed by atoms with Crippen molar-refractivity contribution < 1.29 is 4.39 Å². The smallest absolute Gasteiger partial charge is 0.124 e. The number of nitrogens with zero attached hydrogens (tertiary/aromatic N) is 2. The lowest BCUT2D eigenvalue weighted by atomic mass is 9.93. The lowest BCUT2D eigenvalue weighted by molar-refractivity contribution is 0.353. The van der Waals surface area contributed by atoms with E-state index in [1.165, 1.54) is 12.1 Å². The minimum atomic E-state index is -0.415. The Balaban J connectivity index is 2.22. The van der Waals surface area contributed by atoms with E-state index in [4.69, 9.17) is 11.6 Å². The molecular formula is C15H17ClFN3. The first-order valence-corrected chi connectivity index (χ1v) is 6.77. The maximum absolute atomic E-state index is 13.1. The van der Waals surface area contributed by atoms with Gasteiger partial charge in [-0.15, -0.1) is 0 Å². The van der Waals surface area contributed by atoms with E-state index in [-0.39, 0.29) is 11.9 Å². The van der Waals surface area contributed by atoms with Crippen LogP contribution in [0, 0.1) is 5.82 Å². The van der Waals surface area contributed by atoms with E-state index in [2.05, 4.69) is 15.3 Å². The molecule has 1 N–H and O–H groups in total. The fraction of sp³-hybridized carbons (Fsp3) is 0.333. The van der Waals surface area contributed by atoms with Gasteiger partial charge >= 0.3 is 0 Å². The number of nitrogens with one attached hydrogen (secondary N) is 1. The number of hydrogen-bond donors (Lipinski definition) is 1. The highest BCUT2D eigenvalue weighted by Gasteiger charge is 2.26. The first-order valence-electron chi connectivity index (χ1n) is 6.39. The van der Waals surface area contributed by atoms with Crippen molar-refractivity contribution in [3.8, 4) is 0 Å². The van der Waals surface area contributed by atoms with Crippen molar-refractivity contribution in [1.29, 1.82) is 0 Å². The highest BCUT2D eigenvalue weighted by atomic mass is 35.5. The van der Waals surface area contributed by atoms with E-state index >= 15 is 0 Å². The van der Waals surface area contributed by atoms with Crippen molar-refractivity contribution in [2.75, 3.05) is 0 Å². The highest BCUT2D eigenvalue weighted by Crippen LogP contribution is 2.30. The number of rotatable bonds is 4. The van der Waals surface area contributed by atoms with Crippen LogP contribution in [0.25, 0.3) is 0 Å². The molecule has 1 atom stereocenters. The molecule has 0 bridgehead atoms. The summed E-state index contributed by atoms with van der Waals surface area (Å²) in [4.78, 5) is 8.33. The van der Waals surface area contributed by atoms with Crippen LogP contribution < -0.4 is 5.32 Å². The van der Waals surface area contributed by atoms with Gasteiger partial charge in [-0.1, -0.05) is 17.7 Å². The van der Waals surface area contributed by atoms with Crippen LogP contribution in [0.3, 0.4) is 0 Å². The molecule has 106 valence electrons. The van der Waals surface area contributed by atoms with Crippen molar-refractivity contribution >= 4 is 11.6 Å². The van der Waals surface area contributed by atoms with Gasteiger partial charge in [-0.2, -0.15) is 0 Å². The second-order valence-corrected chi connectivity index (χ2v) is 5.65. The Morgan fingerprint density at radius 3 is 2.65 bits per heavy atom. The molecule has 0 fully saturated rings. The van der Waals surface area contributed by atoms with Crippen molar-refractivity contribution in [3.63, 3.8) is 0 Å². The van der Waals surface area contributed by atoms with E-state index in [1.54, 1.807) is 24.7 Å². The number of halogens is 2. The molecule has 0 aliphatic rings. The predicted molar refractivity (Wildman–Crippen MR) is 78.0 cm³/mol. The molecule has 1 heterocycles. The van der Waals surface area contributed by atoms with E-state index in [1.807, 2.05) is 20.8 Å². The summed E-state index contributed by atoms with van der Waals surface area (Å²) in [5.41, 5.74) is 1.27. The van der Waals surface area contributed by atoms with Crippen LogP contribution in [0.15, 0.2) is 36.8 Å². The maximum atomic E-state index is 13.1. The van der Waals surface area contributed by atoms with E-state index in [9.17, 15) is 4.39 Å². The molecule has 1 aromatic carbocycles. The molecular weight excluding hydrogens is 277 g/mol.